The van der Waals surface area contributed by atoms with E-state index >= 15 is 0 Å². The third-order valence-corrected chi connectivity index (χ3v) is 6.82. The van der Waals surface area contributed by atoms with Crippen LogP contribution < -0.4 is 21.3 Å². The molecule has 2 aliphatic heterocycles. The molecule has 2 heterocycles. The van der Waals surface area contributed by atoms with E-state index in [2.05, 4.69) is 55.3 Å². The minimum atomic E-state index is 0.756. The third-order valence-electron chi connectivity index (χ3n) is 6.82. The topological polar surface area (TPSA) is 95.2 Å². The van der Waals surface area contributed by atoms with Crippen LogP contribution >= 0.6 is 0 Å². The first-order chi connectivity index (χ1) is 17.8. The van der Waals surface area contributed by atoms with Crippen molar-refractivity contribution in [3.05, 3.63) is 35.4 Å². The molecule has 0 spiro atoms. The Bertz CT molecular complexity index is 667. The smallest absolute Gasteiger partial charge is 0.209 e. The van der Waals surface area contributed by atoms with E-state index in [0.29, 0.717) is 0 Å². The average molecular weight is 503 g/mol. The number of hydrogen-bond acceptors (Lipinski definition) is 8. The number of nitrogens with zero attached hydrogens (tertiary/aromatic N) is 4. The van der Waals surface area contributed by atoms with E-state index in [1.165, 1.54) is 11.1 Å². The van der Waals surface area contributed by atoms with Gasteiger partial charge in [-0.25, -0.2) is 0 Å². The minimum Gasteiger partial charge on any atom is -0.343 e. The molecule has 1 aromatic rings. The van der Waals surface area contributed by atoms with Crippen LogP contribution in [-0.2, 0) is 22.7 Å². The van der Waals surface area contributed by atoms with E-state index in [4.69, 9.17) is 0 Å². The molecular formula is C26H46N8O2. The average Bonchev–Trinajstić information content (AvgIpc) is 2.87. The highest BCUT2D eigenvalue weighted by Gasteiger charge is 2.11. The first kappa shape index (κ1) is 28.5. The Morgan fingerprint density at radius 3 is 1.22 bits per heavy atom. The van der Waals surface area contributed by atoms with Crippen molar-refractivity contribution in [1.29, 1.82) is 0 Å². The van der Waals surface area contributed by atoms with E-state index in [0.717, 1.165) is 131 Å². The van der Waals surface area contributed by atoms with Crippen molar-refractivity contribution in [3.63, 3.8) is 0 Å². The standard InChI is InChI=1S/C26H46N8O2/c35-23-33-16-8-27-4-12-31(13-5-28-9-17-33)21-25-2-1-3-26(20-25)22-32-14-6-29-10-18-34(24-36)19-11-30-7-15-32/h1-3,20,23-24,27-30H,4-19,21-22H2. The summed E-state index contributed by atoms with van der Waals surface area (Å²) in [5.74, 6) is 0. The molecule has 4 N–H and O–H groups in total. The summed E-state index contributed by atoms with van der Waals surface area (Å²) < 4.78 is 0. The first-order valence-electron chi connectivity index (χ1n) is 13.5. The molecule has 0 aromatic heterocycles. The lowest BCUT2D eigenvalue weighted by atomic mass is 10.1. The van der Waals surface area contributed by atoms with E-state index in [-0.39, 0.29) is 0 Å². The molecule has 2 fully saturated rings. The van der Waals surface area contributed by atoms with Crippen LogP contribution in [0, 0.1) is 0 Å². The van der Waals surface area contributed by atoms with E-state index < -0.39 is 0 Å². The molecule has 0 aliphatic carbocycles. The van der Waals surface area contributed by atoms with Crippen LogP contribution in [0.5, 0.6) is 0 Å². The van der Waals surface area contributed by atoms with E-state index in [1.54, 1.807) is 0 Å². The molecule has 0 bridgehead atoms. The molecule has 0 atom stereocenters. The summed E-state index contributed by atoms with van der Waals surface area (Å²) in [4.78, 5) is 30.9. The Kier molecular flexibility index (Phi) is 13.8. The zero-order valence-electron chi connectivity index (χ0n) is 21.8. The van der Waals surface area contributed by atoms with E-state index in [1.807, 2.05) is 9.80 Å². The second-order valence-electron chi connectivity index (χ2n) is 9.66. The molecule has 36 heavy (non-hydrogen) atoms. The molecular weight excluding hydrogens is 456 g/mol. The highest BCUT2D eigenvalue weighted by atomic mass is 16.1. The van der Waals surface area contributed by atoms with Gasteiger partial charge in [-0.15, -0.1) is 0 Å². The summed E-state index contributed by atoms with van der Waals surface area (Å²) in [7, 11) is 0. The summed E-state index contributed by atoms with van der Waals surface area (Å²) in [5.41, 5.74) is 2.71. The predicted molar refractivity (Wildman–Crippen MR) is 144 cm³/mol. The lowest BCUT2D eigenvalue weighted by Crippen LogP contribution is -2.42. The third kappa shape index (κ3) is 11.3. The van der Waals surface area contributed by atoms with Crippen LogP contribution in [0.3, 0.4) is 0 Å². The molecule has 202 valence electrons. The zero-order valence-corrected chi connectivity index (χ0v) is 21.8. The maximum atomic E-state index is 11.1. The zero-order chi connectivity index (χ0) is 25.3. The number of carbonyl (C=O) groups excluding carboxylic acids is 2. The van der Waals surface area contributed by atoms with Gasteiger partial charge in [-0.1, -0.05) is 24.3 Å². The van der Waals surface area contributed by atoms with Gasteiger partial charge in [-0.2, -0.15) is 0 Å². The van der Waals surface area contributed by atoms with Crippen LogP contribution in [0.15, 0.2) is 24.3 Å². The first-order valence-corrected chi connectivity index (χ1v) is 13.5. The highest BCUT2D eigenvalue weighted by Crippen LogP contribution is 2.11. The van der Waals surface area contributed by atoms with Gasteiger partial charge < -0.3 is 31.1 Å². The fourth-order valence-corrected chi connectivity index (χ4v) is 4.66. The maximum Gasteiger partial charge on any atom is 0.209 e. The normalized spacial score (nSPS) is 21.4. The summed E-state index contributed by atoms with van der Waals surface area (Å²) in [6.45, 7) is 15.8. The molecule has 2 aliphatic rings. The molecule has 3 rings (SSSR count). The van der Waals surface area contributed by atoms with Gasteiger partial charge in [0.1, 0.15) is 0 Å². The van der Waals surface area contributed by atoms with Crippen molar-refractivity contribution in [3.8, 4) is 0 Å². The number of benzene rings is 1. The van der Waals surface area contributed by atoms with E-state index in [9.17, 15) is 9.59 Å². The maximum absolute atomic E-state index is 11.1. The van der Waals surface area contributed by atoms with Crippen LogP contribution in [-0.4, -0.2) is 137 Å². The number of carbonyl (C=O) groups is 2. The molecule has 10 heteroatoms. The number of nitrogens with one attached hydrogen (secondary N) is 4. The molecule has 0 saturated carbocycles. The van der Waals surface area contributed by atoms with Crippen molar-refractivity contribution in [2.75, 3.05) is 105 Å². The van der Waals surface area contributed by atoms with Gasteiger partial charge in [0, 0.05) is 118 Å². The van der Waals surface area contributed by atoms with Crippen molar-refractivity contribution in [2.24, 2.45) is 0 Å². The van der Waals surface area contributed by atoms with Gasteiger partial charge >= 0.3 is 0 Å². The number of rotatable bonds is 6. The SMILES string of the molecule is O=CN1CCNCCN(Cc2cccc(CN3CCNCCN(C=O)CCNCC3)c2)CCNCC1. The lowest BCUT2D eigenvalue weighted by molar-refractivity contribution is -0.118. The second kappa shape index (κ2) is 17.4. The summed E-state index contributed by atoms with van der Waals surface area (Å²) in [6, 6.07) is 9.02. The molecule has 0 unspecified atom stereocenters. The Balaban J connectivity index is 1.50. The van der Waals surface area contributed by atoms with Gasteiger partial charge in [0.05, 0.1) is 0 Å². The Hall–Kier alpha value is -2.08. The van der Waals surface area contributed by atoms with Crippen molar-refractivity contribution in [2.45, 2.75) is 13.1 Å². The van der Waals surface area contributed by atoms with Crippen molar-refractivity contribution >= 4 is 12.8 Å². The highest BCUT2D eigenvalue weighted by molar-refractivity contribution is 5.47. The summed E-state index contributed by atoms with van der Waals surface area (Å²) in [5, 5.41) is 13.9. The van der Waals surface area contributed by atoms with Crippen LogP contribution in [0.25, 0.3) is 0 Å². The summed E-state index contributed by atoms with van der Waals surface area (Å²) >= 11 is 0. The fraction of sp³-hybridized carbons (Fsp3) is 0.692. The van der Waals surface area contributed by atoms with Gasteiger partial charge in [0.2, 0.25) is 12.8 Å². The summed E-state index contributed by atoms with van der Waals surface area (Å²) in [6.07, 6.45) is 1.89. The second-order valence-corrected chi connectivity index (χ2v) is 9.66. The van der Waals surface area contributed by atoms with Crippen LogP contribution in [0.1, 0.15) is 11.1 Å². The van der Waals surface area contributed by atoms with Gasteiger partial charge in [0.15, 0.2) is 0 Å². The van der Waals surface area contributed by atoms with Crippen LogP contribution in [0.2, 0.25) is 0 Å². The Morgan fingerprint density at radius 1 is 0.556 bits per heavy atom. The number of hydrogen-bond donors (Lipinski definition) is 4. The molecule has 2 saturated heterocycles. The predicted octanol–water partition coefficient (Wildman–Crippen LogP) is -1.41. The largest absolute Gasteiger partial charge is 0.343 e. The number of amides is 2. The minimum absolute atomic E-state index is 0.756. The fourth-order valence-electron chi connectivity index (χ4n) is 4.66. The monoisotopic (exact) mass is 502 g/mol. The lowest BCUT2D eigenvalue weighted by Gasteiger charge is -2.26. The molecule has 10 nitrogen and oxygen atoms in total. The Labute approximate surface area is 216 Å². The van der Waals surface area contributed by atoms with Crippen molar-refractivity contribution in [1.82, 2.24) is 40.9 Å². The van der Waals surface area contributed by atoms with Crippen LogP contribution in [0.4, 0.5) is 0 Å². The van der Waals surface area contributed by atoms with Gasteiger partial charge in [-0.05, 0) is 11.1 Å². The molecule has 1 aromatic carbocycles. The molecule has 0 radical (unpaired) electrons. The van der Waals surface area contributed by atoms with Gasteiger partial charge in [-0.3, -0.25) is 19.4 Å². The Morgan fingerprint density at radius 2 is 0.889 bits per heavy atom. The van der Waals surface area contributed by atoms with Crippen molar-refractivity contribution < 1.29 is 9.59 Å². The van der Waals surface area contributed by atoms with Gasteiger partial charge in [0.25, 0.3) is 0 Å². The quantitative estimate of drug-likeness (QED) is 0.353. The molecule has 2 amide bonds.